The topological polar surface area (TPSA) is 0 Å². The Morgan fingerprint density at radius 3 is 0.768 bits per heavy atom. The Morgan fingerprint density at radius 2 is 0.446 bits per heavy atom. The summed E-state index contributed by atoms with van der Waals surface area (Å²) in [6.07, 6.45) is 0. The van der Waals surface area contributed by atoms with Crippen LogP contribution in [0.15, 0.2) is 231 Å². The van der Waals surface area contributed by atoms with Gasteiger partial charge in [-0.15, -0.1) is 0 Å². The summed E-state index contributed by atoms with van der Waals surface area (Å²) in [6, 6.07) is 84.1. The maximum Gasteiger partial charge on any atom is -0.00264 e. The molecule has 10 aromatic carbocycles. The third kappa shape index (κ3) is 6.28. The van der Waals surface area contributed by atoms with Crippen molar-refractivity contribution in [3.63, 3.8) is 0 Å². The first-order chi connectivity index (χ1) is 27.8. The van der Waals surface area contributed by atoms with Crippen molar-refractivity contribution < 1.29 is 0 Å². The zero-order valence-corrected chi connectivity index (χ0v) is 30.9. The molecule has 56 heavy (non-hydrogen) atoms. The maximum absolute atomic E-state index is 2.45. The lowest BCUT2D eigenvalue weighted by Gasteiger charge is -2.19. The molecule has 0 radical (unpaired) electrons. The van der Waals surface area contributed by atoms with Gasteiger partial charge in [0.15, 0.2) is 0 Å². The molecule has 0 heteroatoms. The number of hydrogen-bond acceptors (Lipinski definition) is 0. The molecule has 0 saturated heterocycles. The molecule has 0 saturated carbocycles. The van der Waals surface area contributed by atoms with Gasteiger partial charge in [-0.2, -0.15) is 0 Å². The lowest BCUT2D eigenvalue weighted by atomic mass is 9.85. The molecule has 0 fully saturated rings. The van der Waals surface area contributed by atoms with Gasteiger partial charge in [0.2, 0.25) is 0 Å². The van der Waals surface area contributed by atoms with E-state index in [-0.39, 0.29) is 0 Å². The number of hydrogen-bond donors (Lipinski definition) is 0. The summed E-state index contributed by atoms with van der Waals surface area (Å²) in [6.45, 7) is 0. The van der Waals surface area contributed by atoms with E-state index in [9.17, 15) is 0 Å². The van der Waals surface area contributed by atoms with Gasteiger partial charge >= 0.3 is 0 Å². The summed E-state index contributed by atoms with van der Waals surface area (Å²) in [5, 5.41) is 4.96. The van der Waals surface area contributed by atoms with E-state index in [1.54, 1.807) is 0 Å². The van der Waals surface area contributed by atoms with Gasteiger partial charge in [-0.25, -0.2) is 0 Å². The summed E-state index contributed by atoms with van der Waals surface area (Å²) in [7, 11) is 0. The lowest BCUT2D eigenvalue weighted by molar-refractivity contribution is 1.57. The van der Waals surface area contributed by atoms with E-state index in [1.807, 2.05) is 0 Å². The molecule has 0 heterocycles. The van der Waals surface area contributed by atoms with E-state index in [4.69, 9.17) is 0 Å². The van der Waals surface area contributed by atoms with E-state index in [0.717, 1.165) is 0 Å². The largest absolute Gasteiger partial charge is 0.0622 e. The van der Waals surface area contributed by atoms with Crippen LogP contribution in [0.3, 0.4) is 0 Å². The number of fused-ring (bicyclic) bond motifs is 2. The second-order valence-corrected chi connectivity index (χ2v) is 14.5. The molecule has 0 aliphatic carbocycles. The minimum atomic E-state index is 1.20. The third-order valence-electron chi connectivity index (χ3n) is 11.0. The Kier molecular flexibility index (Phi) is 8.63. The lowest BCUT2D eigenvalue weighted by Crippen LogP contribution is -1.92. The zero-order valence-electron chi connectivity index (χ0n) is 30.9. The Balaban J connectivity index is 1.27. The number of benzene rings is 10. The molecule has 0 atom stereocenters. The summed E-state index contributed by atoms with van der Waals surface area (Å²) >= 11 is 0. The van der Waals surface area contributed by atoms with Crippen molar-refractivity contribution >= 4 is 21.5 Å². The Labute approximate surface area is 328 Å². The molecule has 10 rings (SSSR count). The van der Waals surface area contributed by atoms with Gasteiger partial charge in [-0.05, 0) is 142 Å². The summed E-state index contributed by atoms with van der Waals surface area (Å²) in [4.78, 5) is 0. The summed E-state index contributed by atoms with van der Waals surface area (Å²) in [5.41, 5.74) is 16.9. The van der Waals surface area contributed by atoms with E-state index in [0.29, 0.717) is 0 Å². The molecule has 0 N–H and O–H groups in total. The van der Waals surface area contributed by atoms with E-state index in [2.05, 4.69) is 231 Å². The van der Waals surface area contributed by atoms with Crippen LogP contribution in [0, 0.1) is 0 Å². The molecule has 0 spiro atoms. The van der Waals surface area contributed by atoms with E-state index >= 15 is 0 Å². The van der Waals surface area contributed by atoms with Crippen LogP contribution >= 0.6 is 0 Å². The third-order valence-corrected chi connectivity index (χ3v) is 11.0. The molecule has 0 bridgehead atoms. The van der Waals surface area contributed by atoms with Crippen LogP contribution < -0.4 is 0 Å². The van der Waals surface area contributed by atoms with Gasteiger partial charge in [-0.1, -0.05) is 188 Å². The van der Waals surface area contributed by atoms with Crippen LogP contribution in [0.4, 0.5) is 0 Å². The average Bonchev–Trinajstić information content (AvgIpc) is 3.29. The fourth-order valence-corrected chi connectivity index (χ4v) is 8.34. The van der Waals surface area contributed by atoms with Crippen LogP contribution in [0.1, 0.15) is 0 Å². The molecular formula is C56H38. The second kappa shape index (κ2) is 14.5. The first-order valence-corrected chi connectivity index (χ1v) is 19.3. The van der Waals surface area contributed by atoms with Gasteiger partial charge in [-0.3, -0.25) is 0 Å². The fraction of sp³-hybridized carbons (Fsp3) is 0. The first kappa shape index (κ1) is 33.3. The Bertz CT molecular complexity index is 2670. The van der Waals surface area contributed by atoms with Gasteiger partial charge < -0.3 is 0 Å². The quantitative estimate of drug-likeness (QED) is 0.144. The molecule has 0 aromatic heterocycles. The SMILES string of the molecule is c1ccc(-c2cc(-c3ccccc3)cc(-c3cccc4c(-c5ccccc5)c5cccc(-c6cc(-c7ccccc7)cc(-c7ccccc7)c6)c5cc34)c2)cc1. The molecule has 0 aliphatic rings. The van der Waals surface area contributed by atoms with Crippen LogP contribution in [-0.4, -0.2) is 0 Å². The van der Waals surface area contributed by atoms with Crippen molar-refractivity contribution in [1.82, 2.24) is 0 Å². The molecular weight excluding hydrogens is 673 g/mol. The van der Waals surface area contributed by atoms with E-state index in [1.165, 1.54) is 99.4 Å². The van der Waals surface area contributed by atoms with Crippen molar-refractivity contribution in [3.05, 3.63) is 231 Å². The van der Waals surface area contributed by atoms with Crippen LogP contribution in [-0.2, 0) is 0 Å². The average molecular weight is 711 g/mol. The zero-order chi connectivity index (χ0) is 37.3. The fourth-order valence-electron chi connectivity index (χ4n) is 8.34. The monoisotopic (exact) mass is 710 g/mol. The van der Waals surface area contributed by atoms with Crippen LogP contribution in [0.25, 0.3) is 99.4 Å². The minimum Gasteiger partial charge on any atom is -0.0622 e. The van der Waals surface area contributed by atoms with Crippen LogP contribution in [0.5, 0.6) is 0 Å². The van der Waals surface area contributed by atoms with Crippen molar-refractivity contribution in [1.29, 1.82) is 0 Å². The molecule has 262 valence electrons. The standard InChI is InChI=1S/C56H38/c1-6-18-39(19-7-1)44-32-45(40-20-8-2-9-21-40)35-48(34-44)50-28-16-30-52-54(50)38-55-51(29-17-31-53(55)56(52)43-26-14-5-15-27-43)49-36-46(41-22-10-3-11-23-41)33-47(37-49)42-24-12-4-13-25-42/h1-38H. The maximum atomic E-state index is 2.45. The van der Waals surface area contributed by atoms with Crippen LogP contribution in [0.2, 0.25) is 0 Å². The van der Waals surface area contributed by atoms with Gasteiger partial charge in [0.05, 0.1) is 0 Å². The predicted octanol–water partition coefficient (Wildman–Crippen LogP) is 15.7. The molecule has 0 amide bonds. The highest BCUT2D eigenvalue weighted by molar-refractivity contribution is 6.19. The highest BCUT2D eigenvalue weighted by Gasteiger charge is 2.18. The highest BCUT2D eigenvalue weighted by Crippen LogP contribution is 2.45. The predicted molar refractivity (Wildman–Crippen MR) is 240 cm³/mol. The Hall–Kier alpha value is -7.28. The van der Waals surface area contributed by atoms with Crippen molar-refractivity contribution in [2.24, 2.45) is 0 Å². The van der Waals surface area contributed by atoms with Gasteiger partial charge in [0.25, 0.3) is 0 Å². The second-order valence-electron chi connectivity index (χ2n) is 14.5. The smallest absolute Gasteiger partial charge is 0.00264 e. The number of rotatable bonds is 7. The van der Waals surface area contributed by atoms with E-state index < -0.39 is 0 Å². The summed E-state index contributed by atoms with van der Waals surface area (Å²) in [5.74, 6) is 0. The van der Waals surface area contributed by atoms with Crippen molar-refractivity contribution in [2.45, 2.75) is 0 Å². The van der Waals surface area contributed by atoms with Gasteiger partial charge in [0.1, 0.15) is 0 Å². The minimum absolute atomic E-state index is 1.20. The normalized spacial score (nSPS) is 11.2. The Morgan fingerprint density at radius 1 is 0.161 bits per heavy atom. The molecule has 0 nitrogen and oxygen atoms in total. The summed E-state index contributed by atoms with van der Waals surface area (Å²) < 4.78 is 0. The van der Waals surface area contributed by atoms with Gasteiger partial charge in [0, 0.05) is 0 Å². The highest BCUT2D eigenvalue weighted by atomic mass is 14.2. The molecule has 10 aromatic rings. The van der Waals surface area contributed by atoms with Crippen molar-refractivity contribution in [3.8, 4) is 77.9 Å². The molecule has 0 aliphatic heterocycles. The first-order valence-electron chi connectivity index (χ1n) is 19.3. The molecule has 0 unspecified atom stereocenters. The van der Waals surface area contributed by atoms with Crippen molar-refractivity contribution in [2.75, 3.05) is 0 Å².